The molecule has 9 nitrogen and oxygen atoms in total. The first-order valence-corrected chi connectivity index (χ1v) is 6.35. The summed E-state index contributed by atoms with van der Waals surface area (Å²) in [6.07, 6.45) is 0. The van der Waals surface area contributed by atoms with Crippen molar-refractivity contribution in [3.63, 3.8) is 0 Å². The van der Waals surface area contributed by atoms with Crippen molar-refractivity contribution in [2.24, 2.45) is 0 Å². The minimum atomic E-state index is -0.527. The van der Waals surface area contributed by atoms with E-state index in [0.717, 1.165) is 0 Å². The predicted octanol–water partition coefficient (Wildman–Crippen LogP) is 0.430. The number of nitrogens with zero attached hydrogens (tertiary/aromatic N) is 4. The molecular weight excluding hydrogens is 280 g/mol. The molecule has 0 aromatic carbocycles. The first-order valence-electron chi connectivity index (χ1n) is 6.35. The van der Waals surface area contributed by atoms with Crippen molar-refractivity contribution in [2.45, 2.75) is 27.3 Å². The van der Waals surface area contributed by atoms with Crippen molar-refractivity contribution in [2.75, 3.05) is 20.2 Å². The number of likely N-dealkylation sites (N-methyl/N-ethyl adjacent to an activating group) is 1. The van der Waals surface area contributed by atoms with Gasteiger partial charge in [0.1, 0.15) is 24.5 Å². The molecule has 0 unspecified atom stereocenters. The maximum Gasteiger partial charge on any atom is 0.325 e. The minimum absolute atomic E-state index is 0.101. The van der Waals surface area contributed by atoms with Gasteiger partial charge in [0.15, 0.2) is 0 Å². The zero-order valence-electron chi connectivity index (χ0n) is 12.5. The van der Waals surface area contributed by atoms with E-state index < -0.39 is 10.9 Å². The second-order valence-electron chi connectivity index (χ2n) is 4.49. The van der Waals surface area contributed by atoms with Gasteiger partial charge in [0.25, 0.3) is 0 Å². The molecule has 1 heterocycles. The van der Waals surface area contributed by atoms with Crippen LogP contribution in [0.25, 0.3) is 0 Å². The lowest BCUT2D eigenvalue weighted by Gasteiger charge is -2.16. The fraction of sp³-hybridized carbons (Fsp3) is 0.583. The number of rotatable bonds is 6. The Morgan fingerprint density at radius 3 is 2.52 bits per heavy atom. The third-order valence-electron chi connectivity index (χ3n) is 2.91. The van der Waals surface area contributed by atoms with E-state index in [1.165, 1.54) is 30.5 Å². The predicted molar refractivity (Wildman–Crippen MR) is 72.6 cm³/mol. The minimum Gasteiger partial charge on any atom is -0.465 e. The number of aryl methyl sites for hydroxylation is 1. The molecule has 0 aliphatic rings. The molecule has 0 atom stereocenters. The van der Waals surface area contributed by atoms with Crippen LogP contribution in [-0.4, -0.2) is 51.7 Å². The van der Waals surface area contributed by atoms with Crippen LogP contribution in [0, 0.1) is 24.0 Å². The van der Waals surface area contributed by atoms with Crippen LogP contribution in [0.3, 0.4) is 0 Å². The maximum absolute atomic E-state index is 12.0. The smallest absolute Gasteiger partial charge is 0.325 e. The highest BCUT2D eigenvalue weighted by atomic mass is 16.6. The van der Waals surface area contributed by atoms with E-state index in [1.54, 1.807) is 6.92 Å². The molecule has 0 N–H and O–H groups in total. The molecule has 1 rings (SSSR count). The number of carbonyl (C=O) groups excluding carboxylic acids is 2. The first kappa shape index (κ1) is 16.6. The lowest BCUT2D eigenvalue weighted by atomic mass is 10.3. The summed E-state index contributed by atoms with van der Waals surface area (Å²) in [6, 6.07) is 0. The van der Waals surface area contributed by atoms with E-state index in [0.29, 0.717) is 5.69 Å². The number of esters is 1. The van der Waals surface area contributed by atoms with Crippen LogP contribution in [0.2, 0.25) is 0 Å². The van der Waals surface area contributed by atoms with Gasteiger partial charge in [0, 0.05) is 7.05 Å². The second-order valence-corrected chi connectivity index (χ2v) is 4.49. The molecule has 1 aromatic heterocycles. The van der Waals surface area contributed by atoms with Gasteiger partial charge in [-0.2, -0.15) is 5.10 Å². The summed E-state index contributed by atoms with van der Waals surface area (Å²) in [5.41, 5.74) is 0.449. The maximum atomic E-state index is 12.0. The molecule has 0 radical (unpaired) electrons. The van der Waals surface area contributed by atoms with E-state index in [-0.39, 0.29) is 37.0 Å². The van der Waals surface area contributed by atoms with Crippen LogP contribution in [0.5, 0.6) is 0 Å². The molecule has 0 saturated heterocycles. The van der Waals surface area contributed by atoms with Gasteiger partial charge in [-0.15, -0.1) is 0 Å². The molecule has 0 spiro atoms. The van der Waals surface area contributed by atoms with Gasteiger partial charge in [-0.1, -0.05) is 0 Å². The standard InChI is InChI=1S/C12H18N4O5/c1-5-21-11(18)7-14(4)10(17)6-15-9(3)12(16(19)20)8(2)13-15/h5-7H2,1-4H3. The van der Waals surface area contributed by atoms with E-state index in [1.807, 2.05) is 0 Å². The highest BCUT2D eigenvalue weighted by Crippen LogP contribution is 2.21. The highest BCUT2D eigenvalue weighted by molar-refractivity contribution is 5.81. The second kappa shape index (κ2) is 6.82. The average molecular weight is 298 g/mol. The van der Waals surface area contributed by atoms with Crippen LogP contribution in [-0.2, 0) is 20.9 Å². The van der Waals surface area contributed by atoms with Gasteiger partial charge in [-0.05, 0) is 20.8 Å². The van der Waals surface area contributed by atoms with Crippen molar-refractivity contribution < 1.29 is 19.2 Å². The largest absolute Gasteiger partial charge is 0.465 e. The van der Waals surface area contributed by atoms with E-state index >= 15 is 0 Å². The van der Waals surface area contributed by atoms with Crippen molar-refractivity contribution in [1.82, 2.24) is 14.7 Å². The number of nitro groups is 1. The van der Waals surface area contributed by atoms with E-state index in [4.69, 9.17) is 4.74 Å². The number of amides is 1. The topological polar surface area (TPSA) is 108 Å². The molecule has 0 bridgehead atoms. The van der Waals surface area contributed by atoms with Gasteiger partial charge in [0.2, 0.25) is 5.91 Å². The number of carbonyl (C=O) groups is 2. The van der Waals surface area contributed by atoms with Gasteiger partial charge in [-0.25, -0.2) is 0 Å². The molecular formula is C12H18N4O5. The van der Waals surface area contributed by atoms with Gasteiger partial charge in [0.05, 0.1) is 11.5 Å². The zero-order chi connectivity index (χ0) is 16.2. The molecule has 0 fully saturated rings. The average Bonchev–Trinajstić information content (AvgIpc) is 2.64. The normalized spacial score (nSPS) is 10.3. The van der Waals surface area contributed by atoms with Crippen LogP contribution in [0.15, 0.2) is 0 Å². The van der Waals surface area contributed by atoms with Gasteiger partial charge in [-0.3, -0.25) is 24.4 Å². The Morgan fingerprint density at radius 1 is 1.43 bits per heavy atom. The van der Waals surface area contributed by atoms with Gasteiger partial charge < -0.3 is 9.64 Å². The van der Waals surface area contributed by atoms with Crippen molar-refractivity contribution >= 4 is 17.6 Å². The van der Waals surface area contributed by atoms with Crippen molar-refractivity contribution in [3.05, 3.63) is 21.5 Å². The summed E-state index contributed by atoms with van der Waals surface area (Å²) < 4.78 is 6.01. The number of aromatic nitrogens is 2. The van der Waals surface area contributed by atoms with Crippen LogP contribution >= 0.6 is 0 Å². The number of ether oxygens (including phenoxy) is 1. The summed E-state index contributed by atoms with van der Waals surface area (Å²) in [7, 11) is 1.46. The lowest BCUT2D eigenvalue weighted by molar-refractivity contribution is -0.386. The van der Waals surface area contributed by atoms with Gasteiger partial charge >= 0.3 is 11.7 Å². The highest BCUT2D eigenvalue weighted by Gasteiger charge is 2.24. The molecule has 21 heavy (non-hydrogen) atoms. The first-order chi connectivity index (χ1) is 9.77. The summed E-state index contributed by atoms with van der Waals surface area (Å²) >= 11 is 0. The Morgan fingerprint density at radius 2 is 2.05 bits per heavy atom. The number of hydrogen-bond donors (Lipinski definition) is 0. The fourth-order valence-corrected chi connectivity index (χ4v) is 1.84. The molecule has 9 heteroatoms. The van der Waals surface area contributed by atoms with E-state index in [9.17, 15) is 19.7 Å². The monoisotopic (exact) mass is 298 g/mol. The third-order valence-corrected chi connectivity index (χ3v) is 2.91. The van der Waals surface area contributed by atoms with E-state index in [2.05, 4.69) is 5.10 Å². The van der Waals surface area contributed by atoms with Crippen molar-refractivity contribution in [1.29, 1.82) is 0 Å². The molecule has 1 aromatic rings. The molecule has 0 aliphatic carbocycles. The quantitative estimate of drug-likeness (QED) is 0.428. The Labute approximate surface area is 121 Å². The lowest BCUT2D eigenvalue weighted by Crippen LogP contribution is -2.35. The fourth-order valence-electron chi connectivity index (χ4n) is 1.84. The Hall–Kier alpha value is -2.45. The summed E-state index contributed by atoms with van der Waals surface area (Å²) in [6.45, 7) is 4.61. The SMILES string of the molecule is CCOC(=O)CN(C)C(=O)Cn1nc(C)c([N+](=O)[O-])c1C. The summed E-state index contributed by atoms with van der Waals surface area (Å²) in [5, 5.41) is 14.9. The summed E-state index contributed by atoms with van der Waals surface area (Å²) in [5.74, 6) is -0.892. The zero-order valence-corrected chi connectivity index (χ0v) is 12.5. The third kappa shape index (κ3) is 4.01. The molecule has 1 amide bonds. The summed E-state index contributed by atoms with van der Waals surface area (Å²) in [4.78, 5) is 34.8. The Kier molecular flexibility index (Phi) is 5.39. The Bertz CT molecular complexity index is 566. The molecule has 0 aliphatic heterocycles. The van der Waals surface area contributed by atoms with Crippen LogP contribution < -0.4 is 0 Å². The van der Waals surface area contributed by atoms with Crippen LogP contribution in [0.4, 0.5) is 5.69 Å². The van der Waals surface area contributed by atoms with Crippen molar-refractivity contribution in [3.8, 4) is 0 Å². The molecule has 0 saturated carbocycles. The number of hydrogen-bond acceptors (Lipinski definition) is 6. The Balaban J connectivity index is 2.77. The molecule has 116 valence electrons. The van der Waals surface area contributed by atoms with Crippen LogP contribution in [0.1, 0.15) is 18.3 Å².